The first kappa shape index (κ1) is 27.9. The molecule has 3 aliphatic heterocycles. The van der Waals surface area contributed by atoms with Crippen molar-refractivity contribution >= 4 is 0 Å². The quantitative estimate of drug-likeness (QED) is 0.146. The van der Waals surface area contributed by atoms with Crippen LogP contribution in [0, 0.1) is 0 Å². The summed E-state index contributed by atoms with van der Waals surface area (Å²) in [6.07, 6.45) is -21.8. The van der Waals surface area contributed by atoms with Crippen LogP contribution in [-0.2, 0) is 23.7 Å². The molecule has 11 N–H and O–H groups in total. The summed E-state index contributed by atoms with van der Waals surface area (Å²) in [5.41, 5.74) is 0. The number of hydrogen-bond acceptors (Lipinski definition) is 16. The van der Waals surface area contributed by atoms with Crippen LogP contribution in [0.25, 0.3) is 0 Å². The number of aliphatic hydroxyl groups excluding tert-OH is 10. The van der Waals surface area contributed by atoms with Crippen LogP contribution in [0.2, 0.25) is 0 Å². The standard InChI is InChI=1S/C18H32O16/c19-1-5-8(23)10(25)11(26)16(30-5)33-14-9(24)6(2-20)31-17(12(14)27)32-13-7(3-21)34-18(29,4-22)15(13)28/h5-17,19-29H,1-4H2/t5-,6-,7-,8+,9-,10+,11-,12-,13-,14+,15+,16+,17-,18-/m1/s1. The smallest absolute Gasteiger partial charge is 0.219 e. The summed E-state index contributed by atoms with van der Waals surface area (Å²) >= 11 is 0. The van der Waals surface area contributed by atoms with E-state index in [1.165, 1.54) is 0 Å². The minimum Gasteiger partial charge on any atom is -0.394 e. The fraction of sp³-hybridized carbons (Fsp3) is 1.00. The molecule has 3 saturated heterocycles. The van der Waals surface area contributed by atoms with E-state index in [-0.39, 0.29) is 0 Å². The minimum absolute atomic E-state index is 0.759. The van der Waals surface area contributed by atoms with Crippen LogP contribution in [0.1, 0.15) is 0 Å². The Morgan fingerprint density at radius 2 is 1.09 bits per heavy atom. The van der Waals surface area contributed by atoms with E-state index in [0.717, 1.165) is 0 Å². The molecule has 0 saturated carbocycles. The highest BCUT2D eigenvalue weighted by Gasteiger charge is 2.57. The maximum atomic E-state index is 10.8. The molecule has 0 bridgehead atoms. The maximum absolute atomic E-state index is 10.8. The molecule has 3 fully saturated rings. The van der Waals surface area contributed by atoms with Crippen molar-refractivity contribution in [1.29, 1.82) is 0 Å². The molecule has 3 heterocycles. The average Bonchev–Trinajstić information content (AvgIpc) is 3.08. The normalized spacial score (nSPS) is 52.1. The van der Waals surface area contributed by atoms with E-state index in [9.17, 15) is 56.2 Å². The molecule has 0 aromatic rings. The number of hydrogen-bond donors (Lipinski definition) is 11. The van der Waals surface area contributed by atoms with Gasteiger partial charge in [0.1, 0.15) is 67.1 Å². The van der Waals surface area contributed by atoms with E-state index in [2.05, 4.69) is 0 Å². The van der Waals surface area contributed by atoms with Crippen molar-refractivity contribution in [2.24, 2.45) is 0 Å². The van der Waals surface area contributed by atoms with Crippen LogP contribution in [0.15, 0.2) is 0 Å². The molecular weight excluding hydrogens is 472 g/mol. The third kappa shape index (κ3) is 5.09. The van der Waals surface area contributed by atoms with Gasteiger partial charge in [0.05, 0.1) is 26.4 Å². The Labute approximate surface area is 192 Å². The Balaban J connectivity index is 1.78. The highest BCUT2D eigenvalue weighted by molar-refractivity contribution is 4.99. The van der Waals surface area contributed by atoms with E-state index < -0.39 is 112 Å². The van der Waals surface area contributed by atoms with E-state index in [1.807, 2.05) is 0 Å². The van der Waals surface area contributed by atoms with Gasteiger partial charge in [-0.1, -0.05) is 0 Å². The van der Waals surface area contributed by atoms with Gasteiger partial charge in [-0.2, -0.15) is 0 Å². The lowest BCUT2D eigenvalue weighted by molar-refractivity contribution is -0.366. The van der Waals surface area contributed by atoms with Crippen molar-refractivity contribution < 1.29 is 79.9 Å². The minimum atomic E-state index is -2.49. The second-order valence-electron chi connectivity index (χ2n) is 8.39. The number of aliphatic hydroxyl groups is 11. The van der Waals surface area contributed by atoms with Gasteiger partial charge < -0.3 is 79.9 Å². The molecule has 3 aliphatic rings. The molecule has 34 heavy (non-hydrogen) atoms. The van der Waals surface area contributed by atoms with Crippen LogP contribution in [0.3, 0.4) is 0 Å². The summed E-state index contributed by atoms with van der Waals surface area (Å²) in [7, 11) is 0. The van der Waals surface area contributed by atoms with Crippen molar-refractivity contribution in [3.05, 3.63) is 0 Å². The summed E-state index contributed by atoms with van der Waals surface area (Å²) in [4.78, 5) is 0. The first-order valence-electron chi connectivity index (χ1n) is 10.6. The number of rotatable bonds is 8. The zero-order valence-electron chi connectivity index (χ0n) is 17.8. The van der Waals surface area contributed by atoms with Crippen molar-refractivity contribution in [3.63, 3.8) is 0 Å². The van der Waals surface area contributed by atoms with Crippen molar-refractivity contribution in [2.75, 3.05) is 26.4 Å². The molecule has 16 nitrogen and oxygen atoms in total. The van der Waals surface area contributed by atoms with Crippen LogP contribution >= 0.6 is 0 Å². The average molecular weight is 504 g/mol. The van der Waals surface area contributed by atoms with Gasteiger partial charge in [-0.15, -0.1) is 0 Å². The molecule has 14 atom stereocenters. The monoisotopic (exact) mass is 504 g/mol. The topological polar surface area (TPSA) is 269 Å². The summed E-state index contributed by atoms with van der Waals surface area (Å²) in [6, 6.07) is 0. The van der Waals surface area contributed by atoms with Gasteiger partial charge in [-0.25, -0.2) is 0 Å². The van der Waals surface area contributed by atoms with Crippen molar-refractivity contribution in [1.82, 2.24) is 0 Å². The van der Waals surface area contributed by atoms with Gasteiger partial charge in [0.25, 0.3) is 0 Å². The highest BCUT2D eigenvalue weighted by atomic mass is 16.8. The van der Waals surface area contributed by atoms with Gasteiger partial charge in [0.15, 0.2) is 12.6 Å². The molecule has 0 aromatic carbocycles. The first-order chi connectivity index (χ1) is 16.0. The zero-order valence-corrected chi connectivity index (χ0v) is 17.8. The highest BCUT2D eigenvalue weighted by Crippen LogP contribution is 2.35. The SMILES string of the molecule is OC[C@H]1O[C@@H](O[C@@H]2[C@@H](O)[C@@H](O[C@@H]3[C@@H](CO)O[C@](O)(CO)[C@H]3O)O[C@H](CO)[C@H]2O)[C@H](O)[C@@H](O)[C@H]1O. The second kappa shape index (κ2) is 11.2. The van der Waals surface area contributed by atoms with E-state index in [4.69, 9.17) is 23.7 Å². The second-order valence-corrected chi connectivity index (χ2v) is 8.39. The molecule has 3 rings (SSSR count). The van der Waals surface area contributed by atoms with Crippen LogP contribution < -0.4 is 0 Å². The number of ether oxygens (including phenoxy) is 5. The van der Waals surface area contributed by atoms with Crippen molar-refractivity contribution in [2.45, 2.75) is 85.5 Å². The Morgan fingerprint density at radius 1 is 0.588 bits per heavy atom. The Hall–Kier alpha value is -0.640. The Kier molecular flexibility index (Phi) is 9.18. The molecule has 200 valence electrons. The predicted octanol–water partition coefficient (Wildman–Crippen LogP) is -7.57. The van der Waals surface area contributed by atoms with Crippen LogP contribution in [0.5, 0.6) is 0 Å². The Bertz CT molecular complexity index is 653. The third-order valence-electron chi connectivity index (χ3n) is 6.15. The van der Waals surface area contributed by atoms with E-state index in [0.29, 0.717) is 0 Å². The Morgan fingerprint density at radius 3 is 1.62 bits per heavy atom. The summed E-state index contributed by atoms with van der Waals surface area (Å²) < 4.78 is 26.4. The molecule has 0 spiro atoms. The van der Waals surface area contributed by atoms with Gasteiger partial charge >= 0.3 is 0 Å². The lowest BCUT2D eigenvalue weighted by atomic mass is 9.96. The third-order valence-corrected chi connectivity index (χ3v) is 6.15. The van der Waals surface area contributed by atoms with E-state index >= 15 is 0 Å². The van der Waals surface area contributed by atoms with Gasteiger partial charge in [-0.3, -0.25) is 0 Å². The maximum Gasteiger partial charge on any atom is 0.219 e. The molecule has 0 unspecified atom stereocenters. The molecule has 0 amide bonds. The van der Waals surface area contributed by atoms with Gasteiger partial charge in [-0.05, 0) is 0 Å². The van der Waals surface area contributed by atoms with Gasteiger partial charge in [0.2, 0.25) is 5.79 Å². The van der Waals surface area contributed by atoms with Crippen LogP contribution in [-0.4, -0.2) is 168 Å². The fourth-order valence-corrected chi connectivity index (χ4v) is 4.11. The lowest BCUT2D eigenvalue weighted by Gasteiger charge is -2.46. The van der Waals surface area contributed by atoms with E-state index in [1.54, 1.807) is 0 Å². The molecular formula is C18H32O16. The summed E-state index contributed by atoms with van der Waals surface area (Å²) in [5, 5.41) is 109. The predicted molar refractivity (Wildman–Crippen MR) is 101 cm³/mol. The lowest BCUT2D eigenvalue weighted by Crippen LogP contribution is -2.65. The molecule has 0 aromatic heterocycles. The summed E-state index contributed by atoms with van der Waals surface area (Å²) in [5.74, 6) is -2.49. The summed E-state index contributed by atoms with van der Waals surface area (Å²) in [6.45, 7) is -3.40. The first-order valence-corrected chi connectivity index (χ1v) is 10.6. The fourth-order valence-electron chi connectivity index (χ4n) is 4.11. The van der Waals surface area contributed by atoms with Crippen LogP contribution in [0.4, 0.5) is 0 Å². The van der Waals surface area contributed by atoms with Crippen molar-refractivity contribution in [3.8, 4) is 0 Å². The molecule has 16 heteroatoms. The zero-order chi connectivity index (χ0) is 25.4. The molecule has 0 radical (unpaired) electrons. The van der Waals surface area contributed by atoms with Gasteiger partial charge in [0, 0.05) is 0 Å². The largest absolute Gasteiger partial charge is 0.394 e. The molecule has 0 aliphatic carbocycles.